The number of rotatable bonds is 36. The molecule has 12 unspecified atom stereocenters. The third kappa shape index (κ3) is 26.7. The Morgan fingerprint density at radius 1 is 0.519 bits per heavy atom. The molecule has 454 valence electrons. The van der Waals surface area contributed by atoms with Crippen molar-refractivity contribution in [2.45, 2.75) is 181 Å². The molecule has 0 saturated heterocycles. The number of nitrogens with one attached hydrogen (secondary N) is 10. The van der Waals surface area contributed by atoms with E-state index in [0.29, 0.717) is 12.0 Å². The van der Waals surface area contributed by atoms with Crippen molar-refractivity contribution in [1.82, 2.24) is 53.2 Å². The molecule has 1 rings (SSSR count). The van der Waals surface area contributed by atoms with E-state index in [1.54, 1.807) is 58.0 Å². The highest BCUT2D eigenvalue weighted by Crippen LogP contribution is 2.14. The first kappa shape index (κ1) is 71.1. The first-order chi connectivity index (χ1) is 37.8. The van der Waals surface area contributed by atoms with Crippen LogP contribution in [0.4, 0.5) is 0 Å². The lowest BCUT2D eigenvalue weighted by molar-refractivity contribution is -0.137. The lowest BCUT2D eigenvalue weighted by Crippen LogP contribution is -2.62. The monoisotopic (exact) mass is 1150 g/mol. The molecule has 0 fully saturated rings. The zero-order valence-electron chi connectivity index (χ0n) is 47.9. The SMILES string of the molecule is CCC(C)C(NC(=O)C(CC(C)C)NC(=O)C(C)NC(=O)C(NC(=O)C(CC(N)=O)NC(=O)C(CO)NC(C)=O)C(C)O)C(=O)NC(Cc1ccccc1)C(=O)NC(CCCN=C(N)N)C(=O)NC(CC(C)C)C(=O)NC(C)C(N)=O. The standard InChI is InChI=1S/C52H87N15O14/c1-11-27(6)40(66-47(77)35(21-26(4)5)62-43(73)29(8)59-51(81)41(30(9)69)67-48(78)37(23-39(53)71)64-49(79)38(24-68)60-31(10)70)50(80)65-36(22-32-16-13-12-14-17-32)46(76)61-33(18-15-19-57-52(55)56)44(74)63-34(20-25(2)3)45(75)58-28(7)42(54)72/h12-14,16-17,25-30,33-38,40-41,68-69H,11,15,18-24H2,1-10H3,(H2,53,71)(H2,54,72)(H,58,75)(H,59,81)(H,60,70)(H,61,76)(H,62,73)(H,63,74)(H,64,79)(H,65,80)(H,66,77)(H,67,78)(H4,55,56,57). The third-order valence-corrected chi connectivity index (χ3v) is 12.5. The van der Waals surface area contributed by atoms with Crippen LogP contribution in [0.1, 0.15) is 113 Å². The van der Waals surface area contributed by atoms with Gasteiger partial charge in [-0.2, -0.15) is 0 Å². The van der Waals surface area contributed by atoms with Crippen molar-refractivity contribution in [3.63, 3.8) is 0 Å². The van der Waals surface area contributed by atoms with Crippen LogP contribution in [-0.2, 0) is 64.0 Å². The zero-order valence-corrected chi connectivity index (χ0v) is 47.9. The molecule has 0 heterocycles. The topological polar surface area (TPSA) is 482 Å². The predicted octanol–water partition coefficient (Wildman–Crippen LogP) is -4.94. The smallest absolute Gasteiger partial charge is 0.245 e. The number of carbonyl (C=O) groups is 12. The Labute approximate surface area is 471 Å². The Morgan fingerprint density at radius 3 is 1.46 bits per heavy atom. The van der Waals surface area contributed by atoms with Crippen LogP contribution in [-0.4, -0.2) is 167 Å². The van der Waals surface area contributed by atoms with E-state index >= 15 is 0 Å². The van der Waals surface area contributed by atoms with Crippen molar-refractivity contribution in [2.75, 3.05) is 13.2 Å². The fourth-order valence-electron chi connectivity index (χ4n) is 7.83. The molecule has 0 radical (unpaired) electrons. The van der Waals surface area contributed by atoms with Crippen molar-refractivity contribution in [3.05, 3.63) is 35.9 Å². The largest absolute Gasteiger partial charge is 0.394 e. The van der Waals surface area contributed by atoms with E-state index in [1.165, 1.54) is 13.8 Å². The number of hydrogen-bond acceptors (Lipinski definition) is 15. The van der Waals surface area contributed by atoms with Gasteiger partial charge in [0.05, 0.1) is 19.1 Å². The second-order valence-electron chi connectivity index (χ2n) is 20.8. The maximum atomic E-state index is 14.5. The molecular formula is C52H87N15O14. The summed E-state index contributed by atoms with van der Waals surface area (Å²) in [6.45, 7) is 14.6. The summed E-state index contributed by atoms with van der Waals surface area (Å²) in [4.78, 5) is 163. The predicted molar refractivity (Wildman–Crippen MR) is 297 cm³/mol. The van der Waals surface area contributed by atoms with E-state index in [-0.39, 0.29) is 56.4 Å². The van der Waals surface area contributed by atoms with Gasteiger partial charge in [-0.25, -0.2) is 0 Å². The summed E-state index contributed by atoms with van der Waals surface area (Å²) in [5.74, 6) is -11.9. The molecule has 81 heavy (non-hydrogen) atoms. The van der Waals surface area contributed by atoms with Crippen LogP contribution in [0.3, 0.4) is 0 Å². The summed E-state index contributed by atoms with van der Waals surface area (Å²) in [5.41, 5.74) is 22.3. The van der Waals surface area contributed by atoms with Gasteiger partial charge in [0.2, 0.25) is 70.9 Å². The van der Waals surface area contributed by atoms with Gasteiger partial charge in [-0.3, -0.25) is 62.5 Å². The molecule has 0 aromatic heterocycles. The van der Waals surface area contributed by atoms with Gasteiger partial charge in [-0.1, -0.05) is 78.3 Å². The normalized spacial score (nSPS) is 15.5. The van der Waals surface area contributed by atoms with Crippen LogP contribution in [0.2, 0.25) is 0 Å². The van der Waals surface area contributed by atoms with Gasteiger partial charge in [-0.05, 0) is 69.8 Å². The Balaban J connectivity index is 3.53. The van der Waals surface area contributed by atoms with E-state index < -0.39 is 156 Å². The Hall–Kier alpha value is -7.95. The maximum Gasteiger partial charge on any atom is 0.245 e. The van der Waals surface area contributed by atoms with Crippen molar-refractivity contribution >= 4 is 76.8 Å². The molecule has 0 aliphatic heterocycles. The maximum absolute atomic E-state index is 14.5. The molecule has 0 aliphatic rings. The number of carbonyl (C=O) groups excluding carboxylic acids is 12. The highest BCUT2D eigenvalue weighted by Gasteiger charge is 2.37. The lowest BCUT2D eigenvalue weighted by atomic mass is 9.95. The number of hydrogen-bond donors (Lipinski definition) is 16. The van der Waals surface area contributed by atoms with Crippen LogP contribution in [0.5, 0.6) is 0 Å². The number of nitrogens with zero attached hydrogens (tertiary/aromatic N) is 1. The number of aliphatic hydroxyl groups excluding tert-OH is 2. The van der Waals surface area contributed by atoms with Gasteiger partial charge in [-0.15, -0.1) is 0 Å². The molecule has 1 aromatic rings. The van der Waals surface area contributed by atoms with E-state index in [4.69, 9.17) is 22.9 Å². The Kier molecular flexibility index (Phi) is 31.3. The van der Waals surface area contributed by atoms with Crippen LogP contribution in [0, 0.1) is 17.8 Å². The van der Waals surface area contributed by atoms with Gasteiger partial charge < -0.3 is 86.3 Å². The lowest BCUT2D eigenvalue weighted by Gasteiger charge is -2.30. The third-order valence-electron chi connectivity index (χ3n) is 12.5. The quantitative estimate of drug-likeness (QED) is 0.0170. The molecule has 1 aromatic carbocycles. The van der Waals surface area contributed by atoms with Gasteiger partial charge >= 0.3 is 0 Å². The molecule has 29 heteroatoms. The second kappa shape index (κ2) is 35.6. The van der Waals surface area contributed by atoms with Crippen LogP contribution in [0.15, 0.2) is 35.3 Å². The summed E-state index contributed by atoms with van der Waals surface area (Å²) in [6.07, 6.45) is -1.93. The Bertz CT molecular complexity index is 2350. The van der Waals surface area contributed by atoms with E-state index in [2.05, 4.69) is 58.2 Å². The molecule has 12 amide bonds. The fraction of sp³-hybridized carbons (Fsp3) is 0.635. The summed E-state index contributed by atoms with van der Waals surface area (Å²) in [5, 5.41) is 44.9. The van der Waals surface area contributed by atoms with Crippen LogP contribution in [0.25, 0.3) is 0 Å². The fourth-order valence-corrected chi connectivity index (χ4v) is 7.83. The van der Waals surface area contributed by atoms with Gasteiger partial charge in [0.25, 0.3) is 0 Å². The van der Waals surface area contributed by atoms with E-state index in [1.807, 2.05) is 13.8 Å². The number of nitrogens with two attached hydrogens (primary N) is 4. The number of benzene rings is 1. The zero-order chi connectivity index (χ0) is 61.8. The van der Waals surface area contributed by atoms with Gasteiger partial charge in [0.1, 0.15) is 60.4 Å². The molecule has 12 atom stereocenters. The van der Waals surface area contributed by atoms with Crippen molar-refractivity contribution in [3.8, 4) is 0 Å². The Morgan fingerprint density at radius 2 is 0.963 bits per heavy atom. The van der Waals surface area contributed by atoms with Gasteiger partial charge in [0.15, 0.2) is 5.96 Å². The molecular weight excluding hydrogens is 1060 g/mol. The molecule has 0 saturated carbocycles. The molecule has 29 nitrogen and oxygen atoms in total. The van der Waals surface area contributed by atoms with Crippen LogP contribution < -0.4 is 76.1 Å². The summed E-state index contributed by atoms with van der Waals surface area (Å²) in [6, 6.07) is -5.52. The number of amides is 12. The average molecular weight is 1150 g/mol. The highest BCUT2D eigenvalue weighted by molar-refractivity contribution is 5.99. The minimum atomic E-state index is -1.81. The molecule has 0 spiro atoms. The van der Waals surface area contributed by atoms with E-state index in [9.17, 15) is 67.7 Å². The van der Waals surface area contributed by atoms with Crippen molar-refractivity contribution < 1.29 is 67.7 Å². The van der Waals surface area contributed by atoms with E-state index in [0.717, 1.165) is 13.8 Å². The first-order valence-electron chi connectivity index (χ1n) is 26.8. The average Bonchev–Trinajstić information content (AvgIpc) is 3.40. The van der Waals surface area contributed by atoms with Crippen molar-refractivity contribution in [2.24, 2.45) is 45.7 Å². The number of aliphatic hydroxyl groups is 2. The summed E-state index contributed by atoms with van der Waals surface area (Å²) in [7, 11) is 0. The number of aliphatic imine (C=N–C) groups is 1. The van der Waals surface area contributed by atoms with Crippen molar-refractivity contribution in [1.29, 1.82) is 0 Å². The first-order valence-corrected chi connectivity index (χ1v) is 26.8. The molecule has 20 N–H and O–H groups in total. The molecule has 0 bridgehead atoms. The number of primary amides is 2. The van der Waals surface area contributed by atoms with Crippen LogP contribution >= 0.6 is 0 Å². The minimum Gasteiger partial charge on any atom is -0.394 e. The summed E-state index contributed by atoms with van der Waals surface area (Å²) >= 11 is 0. The molecule has 0 aliphatic carbocycles. The minimum absolute atomic E-state index is 0.0149. The summed E-state index contributed by atoms with van der Waals surface area (Å²) < 4.78 is 0. The van der Waals surface area contributed by atoms with Gasteiger partial charge in [0, 0.05) is 19.9 Å². The highest BCUT2D eigenvalue weighted by atomic mass is 16.3. The number of guanidine groups is 1. The second-order valence-corrected chi connectivity index (χ2v) is 20.8.